The monoisotopic (exact) mass is 374 g/mol. The molecule has 2 aromatic carbocycles. The van der Waals surface area contributed by atoms with E-state index in [0.717, 1.165) is 11.0 Å². The van der Waals surface area contributed by atoms with E-state index in [0.29, 0.717) is 17.2 Å². The maximum Gasteiger partial charge on any atom is 0.242 e. The SMILES string of the molecule is CC(NS(=O)(=O)C=Cc1ccccc1)C(=O)Nc1ccc2c(c1)OCO2. The fourth-order valence-corrected chi connectivity index (χ4v) is 3.31. The number of hydrogen-bond acceptors (Lipinski definition) is 5. The van der Waals surface area contributed by atoms with Gasteiger partial charge in [-0.3, -0.25) is 4.79 Å². The predicted octanol–water partition coefficient (Wildman–Crippen LogP) is 2.33. The standard InChI is InChI=1S/C18H18N2O5S/c1-13(20-26(22,23)10-9-14-5-3-2-4-6-14)18(21)19-15-7-8-16-17(11-15)25-12-24-16/h2-11,13,20H,12H2,1H3,(H,19,21). The lowest BCUT2D eigenvalue weighted by Gasteiger charge is -2.13. The summed E-state index contributed by atoms with van der Waals surface area (Å²) >= 11 is 0. The van der Waals surface area contributed by atoms with Gasteiger partial charge in [-0.2, -0.15) is 4.72 Å². The highest BCUT2D eigenvalue weighted by Gasteiger charge is 2.20. The van der Waals surface area contributed by atoms with Crippen molar-refractivity contribution in [3.8, 4) is 11.5 Å². The van der Waals surface area contributed by atoms with E-state index in [-0.39, 0.29) is 6.79 Å². The molecule has 1 atom stereocenters. The van der Waals surface area contributed by atoms with Gasteiger partial charge in [-0.25, -0.2) is 8.42 Å². The number of ether oxygens (including phenoxy) is 2. The Balaban J connectivity index is 1.60. The van der Waals surface area contributed by atoms with E-state index < -0.39 is 22.0 Å². The van der Waals surface area contributed by atoms with Crippen molar-refractivity contribution in [2.75, 3.05) is 12.1 Å². The summed E-state index contributed by atoms with van der Waals surface area (Å²) in [5.41, 5.74) is 1.24. The molecule has 0 fully saturated rings. The van der Waals surface area contributed by atoms with Crippen LogP contribution in [-0.2, 0) is 14.8 Å². The Morgan fingerprint density at radius 2 is 1.85 bits per heavy atom. The minimum atomic E-state index is -3.76. The molecule has 136 valence electrons. The summed E-state index contributed by atoms with van der Waals surface area (Å²) in [5.74, 6) is 0.644. The number of benzene rings is 2. The molecule has 0 aromatic heterocycles. The molecular formula is C18H18N2O5S. The van der Waals surface area contributed by atoms with Crippen LogP contribution >= 0.6 is 0 Å². The number of sulfonamides is 1. The fraction of sp³-hybridized carbons (Fsp3) is 0.167. The van der Waals surface area contributed by atoms with Gasteiger partial charge in [0.05, 0.1) is 6.04 Å². The minimum Gasteiger partial charge on any atom is -0.454 e. The highest BCUT2D eigenvalue weighted by atomic mass is 32.2. The van der Waals surface area contributed by atoms with Crippen LogP contribution < -0.4 is 19.5 Å². The molecule has 1 aliphatic rings. The lowest BCUT2D eigenvalue weighted by atomic mass is 10.2. The minimum absolute atomic E-state index is 0.136. The Morgan fingerprint density at radius 1 is 1.12 bits per heavy atom. The molecule has 0 saturated heterocycles. The molecule has 0 aliphatic carbocycles. The number of rotatable bonds is 6. The second kappa shape index (κ2) is 7.59. The topological polar surface area (TPSA) is 93.7 Å². The van der Waals surface area contributed by atoms with Crippen LogP contribution in [0.25, 0.3) is 6.08 Å². The molecule has 26 heavy (non-hydrogen) atoms. The first-order valence-corrected chi connectivity index (χ1v) is 9.43. The second-order valence-electron chi connectivity index (χ2n) is 5.66. The molecule has 2 N–H and O–H groups in total. The third-order valence-corrected chi connectivity index (χ3v) is 4.79. The number of carbonyl (C=O) groups is 1. The number of anilines is 1. The van der Waals surface area contributed by atoms with Crippen LogP contribution in [0.1, 0.15) is 12.5 Å². The van der Waals surface area contributed by atoms with Crippen molar-refractivity contribution in [2.24, 2.45) is 0 Å². The molecule has 1 amide bonds. The molecule has 0 radical (unpaired) electrons. The Bertz CT molecular complexity index is 926. The first-order chi connectivity index (χ1) is 12.4. The number of amides is 1. The van der Waals surface area contributed by atoms with Crippen LogP contribution in [0, 0.1) is 0 Å². The van der Waals surface area contributed by atoms with E-state index in [1.165, 1.54) is 13.0 Å². The zero-order valence-electron chi connectivity index (χ0n) is 14.0. The fourth-order valence-electron chi connectivity index (χ4n) is 2.30. The number of nitrogens with one attached hydrogen (secondary N) is 2. The first kappa shape index (κ1) is 18.0. The predicted molar refractivity (Wildman–Crippen MR) is 98.2 cm³/mol. The number of hydrogen-bond donors (Lipinski definition) is 2. The van der Waals surface area contributed by atoms with Crippen LogP contribution in [0.5, 0.6) is 11.5 Å². The zero-order chi connectivity index (χ0) is 18.6. The Kier molecular flexibility index (Phi) is 5.24. The van der Waals surface area contributed by atoms with E-state index in [1.807, 2.05) is 6.07 Å². The summed E-state index contributed by atoms with van der Waals surface area (Å²) in [6.45, 7) is 1.60. The van der Waals surface area contributed by atoms with Crippen LogP contribution in [0.15, 0.2) is 53.9 Å². The van der Waals surface area contributed by atoms with Crippen molar-refractivity contribution in [1.82, 2.24) is 4.72 Å². The van der Waals surface area contributed by atoms with Gasteiger partial charge >= 0.3 is 0 Å². The summed E-state index contributed by atoms with van der Waals surface area (Å²) in [7, 11) is -3.76. The van der Waals surface area contributed by atoms with Gasteiger partial charge in [-0.05, 0) is 30.7 Å². The average Bonchev–Trinajstić information content (AvgIpc) is 3.08. The van der Waals surface area contributed by atoms with Crippen LogP contribution in [-0.4, -0.2) is 27.2 Å². The summed E-state index contributed by atoms with van der Waals surface area (Å²) in [6, 6.07) is 13.0. The molecule has 0 spiro atoms. The number of fused-ring (bicyclic) bond motifs is 1. The first-order valence-electron chi connectivity index (χ1n) is 7.89. The van der Waals surface area contributed by atoms with E-state index in [4.69, 9.17) is 9.47 Å². The van der Waals surface area contributed by atoms with Gasteiger partial charge in [0.25, 0.3) is 0 Å². The zero-order valence-corrected chi connectivity index (χ0v) is 14.8. The largest absolute Gasteiger partial charge is 0.454 e. The summed E-state index contributed by atoms with van der Waals surface area (Å²) < 4.78 is 37.0. The van der Waals surface area contributed by atoms with E-state index in [2.05, 4.69) is 10.0 Å². The smallest absolute Gasteiger partial charge is 0.242 e. The van der Waals surface area contributed by atoms with Crippen molar-refractivity contribution in [1.29, 1.82) is 0 Å². The van der Waals surface area contributed by atoms with E-state index in [9.17, 15) is 13.2 Å². The lowest BCUT2D eigenvalue weighted by Crippen LogP contribution is -2.40. The van der Waals surface area contributed by atoms with Gasteiger partial charge in [0.15, 0.2) is 11.5 Å². The molecule has 8 heteroatoms. The third kappa shape index (κ3) is 4.62. The molecular weight excluding hydrogens is 356 g/mol. The second-order valence-corrected chi connectivity index (χ2v) is 7.25. The highest BCUT2D eigenvalue weighted by Crippen LogP contribution is 2.34. The van der Waals surface area contributed by atoms with Crippen molar-refractivity contribution in [3.63, 3.8) is 0 Å². The van der Waals surface area contributed by atoms with Gasteiger partial charge < -0.3 is 14.8 Å². The van der Waals surface area contributed by atoms with Gasteiger partial charge in [-0.1, -0.05) is 30.3 Å². The molecule has 3 rings (SSSR count). The van der Waals surface area contributed by atoms with Crippen molar-refractivity contribution < 1.29 is 22.7 Å². The molecule has 1 aliphatic heterocycles. The van der Waals surface area contributed by atoms with Crippen molar-refractivity contribution >= 4 is 27.7 Å². The molecule has 1 unspecified atom stereocenters. The Hall–Kier alpha value is -2.84. The molecule has 2 aromatic rings. The Morgan fingerprint density at radius 3 is 2.62 bits per heavy atom. The van der Waals surface area contributed by atoms with Crippen LogP contribution in [0.2, 0.25) is 0 Å². The van der Waals surface area contributed by atoms with E-state index in [1.54, 1.807) is 42.5 Å². The molecule has 7 nitrogen and oxygen atoms in total. The van der Waals surface area contributed by atoms with Gasteiger partial charge in [0.2, 0.25) is 22.7 Å². The van der Waals surface area contributed by atoms with Crippen molar-refractivity contribution in [2.45, 2.75) is 13.0 Å². The molecule has 1 heterocycles. The van der Waals surface area contributed by atoms with Crippen LogP contribution in [0.4, 0.5) is 5.69 Å². The maximum atomic E-state index is 12.2. The Labute approximate surface area is 151 Å². The average molecular weight is 374 g/mol. The lowest BCUT2D eigenvalue weighted by molar-refractivity contribution is -0.117. The summed E-state index contributed by atoms with van der Waals surface area (Å²) in [6.07, 6.45) is 1.46. The van der Waals surface area contributed by atoms with Crippen LogP contribution in [0.3, 0.4) is 0 Å². The summed E-state index contributed by atoms with van der Waals surface area (Å²) in [5, 5.41) is 3.68. The van der Waals surface area contributed by atoms with Gasteiger partial charge in [0.1, 0.15) is 0 Å². The summed E-state index contributed by atoms with van der Waals surface area (Å²) in [4.78, 5) is 12.2. The highest BCUT2D eigenvalue weighted by molar-refractivity contribution is 7.92. The molecule has 0 saturated carbocycles. The molecule has 0 bridgehead atoms. The number of carbonyl (C=O) groups excluding carboxylic acids is 1. The van der Waals surface area contributed by atoms with E-state index >= 15 is 0 Å². The van der Waals surface area contributed by atoms with Gasteiger partial charge in [-0.15, -0.1) is 0 Å². The third-order valence-electron chi connectivity index (χ3n) is 3.61. The normalized spacial score (nSPS) is 14.3. The van der Waals surface area contributed by atoms with Gasteiger partial charge in [0, 0.05) is 17.2 Å². The van der Waals surface area contributed by atoms with Crippen molar-refractivity contribution in [3.05, 3.63) is 59.5 Å². The quantitative estimate of drug-likeness (QED) is 0.809. The maximum absolute atomic E-state index is 12.2.